The van der Waals surface area contributed by atoms with Crippen LogP contribution in [0, 0.1) is 5.92 Å². The number of Topliss-reactive ketones (excluding diaryl/α,β-unsaturated/α-hetero) is 1. The number of aromatic nitrogens is 1. The maximum atomic E-state index is 12.6. The molecule has 0 spiro atoms. The Labute approximate surface area is 140 Å². The van der Waals surface area contributed by atoms with Crippen LogP contribution in [-0.2, 0) is 6.54 Å². The Morgan fingerprint density at radius 3 is 2.71 bits per heavy atom. The van der Waals surface area contributed by atoms with Crippen LogP contribution in [0.25, 0.3) is 0 Å². The molecule has 1 aromatic carbocycles. The Bertz CT molecular complexity index is 730. The van der Waals surface area contributed by atoms with Crippen LogP contribution < -0.4 is 0 Å². The topological polar surface area (TPSA) is 70.5 Å². The van der Waals surface area contributed by atoms with Crippen molar-refractivity contribution in [3.05, 3.63) is 65.5 Å². The molecule has 1 aromatic heterocycles. The van der Waals surface area contributed by atoms with E-state index in [1.165, 1.54) is 0 Å². The van der Waals surface area contributed by atoms with Gasteiger partial charge >= 0.3 is 5.97 Å². The number of pyridine rings is 1. The Morgan fingerprint density at radius 2 is 1.96 bits per heavy atom. The lowest BCUT2D eigenvalue weighted by atomic mass is 9.90. The third-order valence-electron chi connectivity index (χ3n) is 4.43. The molecule has 1 aliphatic heterocycles. The number of carbonyl (C=O) groups excluding carboxylic acids is 1. The molecule has 3 rings (SSSR count). The van der Waals surface area contributed by atoms with Crippen molar-refractivity contribution in [2.45, 2.75) is 19.4 Å². The molecule has 1 aliphatic rings. The number of aromatic carboxylic acids is 1. The van der Waals surface area contributed by atoms with Gasteiger partial charge in [-0.3, -0.25) is 14.7 Å². The van der Waals surface area contributed by atoms with Gasteiger partial charge in [0.05, 0.1) is 11.3 Å². The average Bonchev–Trinajstić information content (AvgIpc) is 2.62. The molecule has 24 heavy (non-hydrogen) atoms. The second-order valence-corrected chi connectivity index (χ2v) is 6.11. The van der Waals surface area contributed by atoms with Gasteiger partial charge in [0.25, 0.3) is 0 Å². The monoisotopic (exact) mass is 324 g/mol. The number of carbonyl (C=O) groups is 2. The van der Waals surface area contributed by atoms with Gasteiger partial charge in [0.15, 0.2) is 5.78 Å². The van der Waals surface area contributed by atoms with Crippen molar-refractivity contribution in [3.63, 3.8) is 0 Å². The van der Waals surface area contributed by atoms with Gasteiger partial charge in [0.2, 0.25) is 0 Å². The van der Waals surface area contributed by atoms with Crippen LogP contribution in [0.2, 0.25) is 0 Å². The van der Waals surface area contributed by atoms with Gasteiger partial charge in [-0.05, 0) is 31.5 Å². The normalized spacial score (nSPS) is 18.2. The summed E-state index contributed by atoms with van der Waals surface area (Å²) in [7, 11) is 0. The lowest BCUT2D eigenvalue weighted by Gasteiger charge is -2.32. The summed E-state index contributed by atoms with van der Waals surface area (Å²) < 4.78 is 0. The standard InChI is InChI=1S/C19H20N2O3/c22-18(14-6-2-1-3-7-14)15-8-5-11-21(12-15)13-17-16(19(23)24)9-4-10-20-17/h1-4,6-7,9-10,15H,5,8,11-13H2,(H,23,24). The third-order valence-corrected chi connectivity index (χ3v) is 4.43. The van der Waals surface area contributed by atoms with E-state index in [-0.39, 0.29) is 17.3 Å². The number of carboxylic acid groups (broad SMARTS) is 1. The van der Waals surface area contributed by atoms with E-state index in [4.69, 9.17) is 0 Å². The number of ketones is 1. The second kappa shape index (κ2) is 7.36. The van der Waals surface area contributed by atoms with Gasteiger partial charge in [-0.1, -0.05) is 30.3 Å². The molecule has 2 aromatic rings. The number of benzene rings is 1. The van der Waals surface area contributed by atoms with Gasteiger partial charge in [0.1, 0.15) is 0 Å². The van der Waals surface area contributed by atoms with E-state index in [9.17, 15) is 14.7 Å². The first-order valence-corrected chi connectivity index (χ1v) is 8.14. The number of nitrogens with zero attached hydrogens (tertiary/aromatic N) is 2. The summed E-state index contributed by atoms with van der Waals surface area (Å²) in [5, 5.41) is 9.27. The van der Waals surface area contributed by atoms with Crippen LogP contribution in [0.4, 0.5) is 0 Å². The summed E-state index contributed by atoms with van der Waals surface area (Å²) in [6.07, 6.45) is 3.41. The second-order valence-electron chi connectivity index (χ2n) is 6.11. The van der Waals surface area contributed by atoms with Crippen LogP contribution in [0.5, 0.6) is 0 Å². The zero-order valence-electron chi connectivity index (χ0n) is 13.4. The van der Waals surface area contributed by atoms with E-state index in [1.54, 1.807) is 18.3 Å². The number of likely N-dealkylation sites (tertiary alicyclic amines) is 1. The minimum absolute atomic E-state index is 0.0434. The van der Waals surface area contributed by atoms with Crippen molar-refractivity contribution in [1.82, 2.24) is 9.88 Å². The summed E-state index contributed by atoms with van der Waals surface area (Å²) in [4.78, 5) is 30.3. The molecule has 1 fully saturated rings. The molecule has 1 atom stereocenters. The van der Waals surface area contributed by atoms with E-state index < -0.39 is 5.97 Å². The van der Waals surface area contributed by atoms with Crippen molar-refractivity contribution in [3.8, 4) is 0 Å². The van der Waals surface area contributed by atoms with E-state index in [0.717, 1.165) is 24.9 Å². The lowest BCUT2D eigenvalue weighted by molar-refractivity contribution is 0.0688. The summed E-state index contributed by atoms with van der Waals surface area (Å²) in [6.45, 7) is 1.96. The minimum Gasteiger partial charge on any atom is -0.478 e. The molecule has 124 valence electrons. The number of carboxylic acids is 1. The first kappa shape index (κ1) is 16.3. The van der Waals surface area contributed by atoms with Crippen LogP contribution in [0.1, 0.15) is 39.3 Å². The molecule has 0 saturated carbocycles. The third kappa shape index (κ3) is 3.68. The Kier molecular flexibility index (Phi) is 5.01. The molecular weight excluding hydrogens is 304 g/mol. The lowest BCUT2D eigenvalue weighted by Crippen LogP contribution is -2.38. The molecule has 1 N–H and O–H groups in total. The maximum absolute atomic E-state index is 12.6. The summed E-state index contributed by atoms with van der Waals surface area (Å²) in [6, 6.07) is 12.6. The Morgan fingerprint density at radius 1 is 1.17 bits per heavy atom. The summed E-state index contributed by atoms with van der Waals surface area (Å²) in [5.41, 5.74) is 1.53. The highest BCUT2D eigenvalue weighted by atomic mass is 16.4. The van der Waals surface area contributed by atoms with Crippen molar-refractivity contribution < 1.29 is 14.7 Å². The summed E-state index contributed by atoms with van der Waals surface area (Å²) >= 11 is 0. The Hall–Kier alpha value is -2.53. The fourth-order valence-electron chi connectivity index (χ4n) is 3.22. The van der Waals surface area contributed by atoms with Crippen LogP contribution in [0.3, 0.4) is 0 Å². The molecule has 0 bridgehead atoms. The molecule has 0 radical (unpaired) electrons. The molecule has 0 aliphatic carbocycles. The van der Waals surface area contributed by atoms with Crippen molar-refractivity contribution in [1.29, 1.82) is 0 Å². The SMILES string of the molecule is O=C(O)c1cccnc1CN1CCCC(C(=O)c2ccccc2)C1. The number of piperidine rings is 1. The van der Waals surface area contributed by atoms with Crippen LogP contribution in [-0.4, -0.2) is 39.8 Å². The highest BCUT2D eigenvalue weighted by Crippen LogP contribution is 2.22. The van der Waals surface area contributed by atoms with Gasteiger partial charge in [-0.15, -0.1) is 0 Å². The van der Waals surface area contributed by atoms with E-state index in [2.05, 4.69) is 9.88 Å². The van der Waals surface area contributed by atoms with Crippen LogP contribution in [0.15, 0.2) is 48.7 Å². The number of rotatable bonds is 5. The van der Waals surface area contributed by atoms with E-state index in [1.807, 2.05) is 30.3 Å². The molecule has 1 saturated heterocycles. The predicted molar refractivity (Wildman–Crippen MR) is 90.0 cm³/mol. The highest BCUT2D eigenvalue weighted by Gasteiger charge is 2.27. The average molecular weight is 324 g/mol. The summed E-state index contributed by atoms with van der Waals surface area (Å²) in [5.74, 6) is -0.843. The quantitative estimate of drug-likeness (QED) is 0.856. The van der Waals surface area contributed by atoms with Crippen molar-refractivity contribution in [2.24, 2.45) is 5.92 Å². The number of hydrogen-bond donors (Lipinski definition) is 1. The van der Waals surface area contributed by atoms with Gasteiger partial charge in [-0.2, -0.15) is 0 Å². The minimum atomic E-state index is -0.966. The van der Waals surface area contributed by atoms with E-state index >= 15 is 0 Å². The number of hydrogen-bond acceptors (Lipinski definition) is 4. The molecule has 5 heteroatoms. The van der Waals surface area contributed by atoms with E-state index in [0.29, 0.717) is 18.8 Å². The maximum Gasteiger partial charge on any atom is 0.337 e. The van der Waals surface area contributed by atoms with Gasteiger partial charge < -0.3 is 5.11 Å². The smallest absolute Gasteiger partial charge is 0.337 e. The van der Waals surface area contributed by atoms with Gasteiger partial charge in [-0.25, -0.2) is 4.79 Å². The van der Waals surface area contributed by atoms with Crippen LogP contribution >= 0.6 is 0 Å². The zero-order valence-corrected chi connectivity index (χ0v) is 13.4. The highest BCUT2D eigenvalue weighted by molar-refractivity contribution is 5.98. The predicted octanol–water partition coefficient (Wildman–Crippen LogP) is 2.87. The molecule has 0 amide bonds. The van der Waals surface area contributed by atoms with Crippen molar-refractivity contribution >= 4 is 11.8 Å². The zero-order chi connectivity index (χ0) is 16.9. The fraction of sp³-hybridized carbons (Fsp3) is 0.316. The Balaban J connectivity index is 1.70. The van der Waals surface area contributed by atoms with Crippen molar-refractivity contribution in [2.75, 3.05) is 13.1 Å². The fourth-order valence-corrected chi connectivity index (χ4v) is 3.22. The molecule has 5 nitrogen and oxygen atoms in total. The molecular formula is C19H20N2O3. The molecule has 1 unspecified atom stereocenters. The molecule has 2 heterocycles. The van der Waals surface area contributed by atoms with Gasteiger partial charge in [0, 0.05) is 30.8 Å². The first-order valence-electron chi connectivity index (χ1n) is 8.14. The largest absolute Gasteiger partial charge is 0.478 e. The first-order chi connectivity index (χ1) is 11.6.